The van der Waals surface area contributed by atoms with Gasteiger partial charge >= 0.3 is 0 Å². The van der Waals surface area contributed by atoms with Crippen molar-refractivity contribution in [3.05, 3.63) is 29.8 Å². The van der Waals surface area contributed by atoms with E-state index in [0.29, 0.717) is 17.9 Å². The quantitative estimate of drug-likeness (QED) is 0.896. The fourth-order valence-electron chi connectivity index (χ4n) is 2.65. The van der Waals surface area contributed by atoms with E-state index in [4.69, 9.17) is 0 Å². The molecule has 1 unspecified atom stereocenters. The number of nitrogens with one attached hydrogen (secondary N) is 2. The first kappa shape index (κ1) is 15.2. The number of hydrogen-bond donors (Lipinski definition) is 2. The summed E-state index contributed by atoms with van der Waals surface area (Å²) < 4.78 is 0. The molecule has 0 spiro atoms. The van der Waals surface area contributed by atoms with Crippen molar-refractivity contribution >= 4 is 23.4 Å². The zero-order valence-corrected chi connectivity index (χ0v) is 13.3. The molecule has 2 N–H and O–H groups in total. The first-order valence-electron chi connectivity index (χ1n) is 7.13. The van der Waals surface area contributed by atoms with Crippen molar-refractivity contribution in [3.63, 3.8) is 0 Å². The zero-order chi connectivity index (χ0) is 14.6. The molecule has 0 aliphatic carbocycles. The lowest BCUT2D eigenvalue weighted by molar-refractivity contribution is -0.119. The van der Waals surface area contributed by atoms with Crippen molar-refractivity contribution in [1.29, 1.82) is 0 Å². The van der Waals surface area contributed by atoms with Crippen molar-refractivity contribution in [2.24, 2.45) is 5.41 Å². The molecule has 1 aromatic carbocycles. The predicted octanol–water partition coefficient (Wildman–Crippen LogP) is 2.92. The number of anilines is 1. The highest BCUT2D eigenvalue weighted by molar-refractivity contribution is 7.99. The third-order valence-electron chi connectivity index (χ3n) is 3.62. The molecule has 1 fully saturated rings. The summed E-state index contributed by atoms with van der Waals surface area (Å²) in [5.74, 6) is 2.42. The van der Waals surface area contributed by atoms with Crippen molar-refractivity contribution < 1.29 is 4.79 Å². The van der Waals surface area contributed by atoms with Gasteiger partial charge in [-0.1, -0.05) is 32.0 Å². The van der Waals surface area contributed by atoms with Gasteiger partial charge in [-0.05, 0) is 29.2 Å². The number of likely N-dealkylation sites (N-methyl/N-ethyl adjacent to an activating group) is 1. The van der Waals surface area contributed by atoms with Gasteiger partial charge in [0.2, 0.25) is 5.91 Å². The van der Waals surface area contributed by atoms with Gasteiger partial charge in [0.05, 0.1) is 6.42 Å². The number of carbonyl (C=O) groups is 1. The second-order valence-corrected chi connectivity index (χ2v) is 7.26. The highest BCUT2D eigenvalue weighted by Gasteiger charge is 2.28. The molecule has 0 saturated carbocycles. The number of benzene rings is 1. The minimum atomic E-state index is 0.0533. The third-order valence-corrected chi connectivity index (χ3v) is 5.24. The number of para-hydroxylation sites is 1. The molecule has 1 aliphatic heterocycles. The molecule has 1 saturated heterocycles. The maximum absolute atomic E-state index is 11.6. The van der Waals surface area contributed by atoms with Crippen LogP contribution in [0.1, 0.15) is 25.8 Å². The van der Waals surface area contributed by atoms with Crippen LogP contribution in [-0.2, 0) is 11.2 Å². The lowest BCUT2D eigenvalue weighted by Gasteiger charge is -2.36. The number of thioether (sulfide) groups is 1. The second kappa shape index (κ2) is 6.53. The van der Waals surface area contributed by atoms with Crippen LogP contribution >= 0.6 is 11.8 Å². The van der Waals surface area contributed by atoms with Crippen molar-refractivity contribution in [2.75, 3.05) is 23.9 Å². The van der Waals surface area contributed by atoms with E-state index in [2.05, 4.69) is 30.5 Å². The maximum atomic E-state index is 11.6. The highest BCUT2D eigenvalue weighted by Crippen LogP contribution is 2.35. The second-order valence-electron chi connectivity index (χ2n) is 6.23. The first-order valence-corrected chi connectivity index (χ1v) is 8.28. The fourth-order valence-corrected chi connectivity index (χ4v) is 3.93. The number of carbonyl (C=O) groups excluding carboxylic acids is 1. The Bertz CT molecular complexity index is 473. The molecule has 3 nitrogen and oxygen atoms in total. The van der Waals surface area contributed by atoms with Crippen LogP contribution in [0.3, 0.4) is 0 Å². The molecule has 0 radical (unpaired) electrons. The van der Waals surface area contributed by atoms with Crippen molar-refractivity contribution in [2.45, 2.75) is 32.7 Å². The van der Waals surface area contributed by atoms with Crippen molar-refractivity contribution in [1.82, 2.24) is 5.32 Å². The maximum Gasteiger partial charge on any atom is 0.224 e. The average molecular weight is 292 g/mol. The van der Waals surface area contributed by atoms with E-state index in [0.717, 1.165) is 17.0 Å². The van der Waals surface area contributed by atoms with E-state index >= 15 is 0 Å². The predicted molar refractivity (Wildman–Crippen MR) is 87.3 cm³/mol. The molecule has 1 aliphatic rings. The summed E-state index contributed by atoms with van der Waals surface area (Å²) >= 11 is 2.01. The third kappa shape index (κ3) is 4.17. The van der Waals surface area contributed by atoms with Gasteiger partial charge in [0.1, 0.15) is 0 Å². The monoisotopic (exact) mass is 292 g/mol. The summed E-state index contributed by atoms with van der Waals surface area (Å²) in [5, 5.41) is 6.32. The van der Waals surface area contributed by atoms with Crippen LogP contribution in [0.25, 0.3) is 0 Å². The Morgan fingerprint density at radius 3 is 2.85 bits per heavy atom. The Balaban J connectivity index is 2.07. The molecule has 2 rings (SSSR count). The molecular formula is C16H24N2OS. The number of amides is 1. The van der Waals surface area contributed by atoms with Gasteiger partial charge in [0, 0.05) is 24.5 Å². The first-order chi connectivity index (χ1) is 9.50. The van der Waals surface area contributed by atoms with Crippen LogP contribution in [0.4, 0.5) is 5.69 Å². The zero-order valence-electron chi connectivity index (χ0n) is 12.5. The van der Waals surface area contributed by atoms with Crippen molar-refractivity contribution in [3.8, 4) is 0 Å². The Kier molecular flexibility index (Phi) is 4.97. The van der Waals surface area contributed by atoms with Crippen LogP contribution in [0, 0.1) is 5.41 Å². The lowest BCUT2D eigenvalue weighted by atomic mass is 9.87. The minimum Gasteiger partial charge on any atom is -0.381 e. The van der Waals surface area contributed by atoms with E-state index in [1.165, 1.54) is 12.2 Å². The summed E-state index contributed by atoms with van der Waals surface area (Å²) in [6, 6.07) is 8.60. The number of rotatable bonds is 4. The smallest absolute Gasteiger partial charge is 0.224 e. The normalized spacial score (nSPS) is 21.2. The molecule has 1 amide bonds. The van der Waals surface area contributed by atoms with E-state index in [1.54, 1.807) is 7.05 Å². The van der Waals surface area contributed by atoms with Gasteiger partial charge in [0.15, 0.2) is 0 Å². The summed E-state index contributed by atoms with van der Waals surface area (Å²) in [4.78, 5) is 11.6. The van der Waals surface area contributed by atoms with Gasteiger partial charge in [-0.3, -0.25) is 4.79 Å². The van der Waals surface area contributed by atoms with E-state index in [9.17, 15) is 4.79 Å². The summed E-state index contributed by atoms with van der Waals surface area (Å²) in [7, 11) is 1.68. The summed E-state index contributed by atoms with van der Waals surface area (Å²) in [6.45, 7) is 4.65. The van der Waals surface area contributed by atoms with Crippen LogP contribution < -0.4 is 10.6 Å². The average Bonchev–Trinajstić information content (AvgIpc) is 2.39. The van der Waals surface area contributed by atoms with Gasteiger partial charge in [0.25, 0.3) is 0 Å². The molecular weight excluding hydrogens is 268 g/mol. The summed E-state index contributed by atoms with van der Waals surface area (Å²) in [5.41, 5.74) is 2.55. The van der Waals surface area contributed by atoms with Gasteiger partial charge < -0.3 is 10.6 Å². The fraction of sp³-hybridized carbons (Fsp3) is 0.562. The lowest BCUT2D eigenvalue weighted by Crippen LogP contribution is -2.35. The molecule has 20 heavy (non-hydrogen) atoms. The highest BCUT2D eigenvalue weighted by atomic mass is 32.2. The molecule has 110 valence electrons. The Labute approximate surface area is 125 Å². The van der Waals surface area contributed by atoms with Gasteiger partial charge in [-0.25, -0.2) is 0 Å². The SMILES string of the molecule is CNC(=O)Cc1ccccc1NC1CSCC(C)(C)C1. The molecule has 1 atom stereocenters. The minimum absolute atomic E-state index is 0.0533. The molecule has 0 bridgehead atoms. The van der Waals surface area contributed by atoms with Crippen LogP contribution in [0.2, 0.25) is 0 Å². The van der Waals surface area contributed by atoms with E-state index in [-0.39, 0.29) is 5.91 Å². The summed E-state index contributed by atoms with van der Waals surface area (Å²) in [6.07, 6.45) is 1.61. The Morgan fingerprint density at radius 2 is 2.15 bits per heavy atom. The van der Waals surface area contributed by atoms with E-state index < -0.39 is 0 Å². The standard InChI is InChI=1S/C16H24N2OS/c1-16(2)9-13(10-20-11-16)18-14-7-5-4-6-12(14)8-15(19)17-3/h4-7,13,18H,8-11H2,1-3H3,(H,17,19). The number of hydrogen-bond acceptors (Lipinski definition) is 3. The van der Waals surface area contributed by atoms with Crippen LogP contribution in [0.15, 0.2) is 24.3 Å². The molecule has 4 heteroatoms. The van der Waals surface area contributed by atoms with Gasteiger partial charge in [-0.2, -0.15) is 11.8 Å². The molecule has 0 aromatic heterocycles. The Hall–Kier alpha value is -1.16. The largest absolute Gasteiger partial charge is 0.381 e. The Morgan fingerprint density at radius 1 is 1.40 bits per heavy atom. The molecule has 1 heterocycles. The van der Waals surface area contributed by atoms with Gasteiger partial charge in [-0.15, -0.1) is 0 Å². The van der Waals surface area contributed by atoms with Crippen LogP contribution in [-0.4, -0.2) is 30.5 Å². The van der Waals surface area contributed by atoms with E-state index in [1.807, 2.05) is 30.0 Å². The topological polar surface area (TPSA) is 41.1 Å². The molecule has 1 aromatic rings. The van der Waals surface area contributed by atoms with Crippen LogP contribution in [0.5, 0.6) is 0 Å².